The van der Waals surface area contributed by atoms with E-state index >= 15 is 0 Å². The number of fused-ring (bicyclic) bond motifs is 1. The molecule has 0 spiro atoms. The molecule has 5 nitrogen and oxygen atoms in total. The number of carbonyl (C=O) groups is 2. The molecule has 4 rings (SSSR count). The molecule has 0 unspecified atom stereocenters. The number of hydrogen-bond acceptors (Lipinski definition) is 3. The Morgan fingerprint density at radius 2 is 1.51 bits per heavy atom. The lowest BCUT2D eigenvalue weighted by Crippen LogP contribution is -2.22. The number of nitrogens with one attached hydrogen (secondary N) is 2. The fourth-order valence-corrected chi connectivity index (χ4v) is 3.36. The van der Waals surface area contributed by atoms with Crippen LogP contribution in [0.15, 0.2) is 84.9 Å². The second kappa shape index (κ2) is 9.84. The van der Waals surface area contributed by atoms with E-state index < -0.39 is 41.7 Å². The SMILES string of the molecule is O=C(COc1ccc2ccccc2c1)Nc1ccc(NC(=O)c2ccc(F)cc2)cc1C(F)(F)F. The van der Waals surface area contributed by atoms with Crippen LogP contribution in [0.1, 0.15) is 15.9 Å². The summed E-state index contributed by atoms with van der Waals surface area (Å²) in [7, 11) is 0. The van der Waals surface area contributed by atoms with Crippen molar-refractivity contribution in [3.63, 3.8) is 0 Å². The Morgan fingerprint density at radius 3 is 2.23 bits per heavy atom. The molecule has 0 aliphatic rings. The number of amides is 2. The van der Waals surface area contributed by atoms with Gasteiger partial charge in [-0.1, -0.05) is 30.3 Å². The number of rotatable bonds is 6. The third kappa shape index (κ3) is 5.94. The minimum absolute atomic E-state index is 0.0724. The van der Waals surface area contributed by atoms with E-state index in [0.29, 0.717) is 11.8 Å². The van der Waals surface area contributed by atoms with Gasteiger partial charge < -0.3 is 15.4 Å². The fraction of sp³-hybridized carbons (Fsp3) is 0.0769. The lowest BCUT2D eigenvalue weighted by Gasteiger charge is -2.16. The fourth-order valence-electron chi connectivity index (χ4n) is 3.36. The molecular weight excluding hydrogens is 464 g/mol. The van der Waals surface area contributed by atoms with E-state index in [4.69, 9.17) is 4.74 Å². The Hall–Kier alpha value is -4.40. The van der Waals surface area contributed by atoms with E-state index in [0.717, 1.165) is 29.0 Å². The first-order valence-electron chi connectivity index (χ1n) is 10.4. The molecule has 4 aromatic carbocycles. The van der Waals surface area contributed by atoms with Crippen molar-refractivity contribution in [2.75, 3.05) is 17.2 Å². The minimum Gasteiger partial charge on any atom is -0.484 e. The van der Waals surface area contributed by atoms with E-state index in [2.05, 4.69) is 10.6 Å². The number of hydrogen-bond donors (Lipinski definition) is 2. The van der Waals surface area contributed by atoms with E-state index in [9.17, 15) is 27.2 Å². The minimum atomic E-state index is -4.81. The Labute approximate surface area is 197 Å². The van der Waals surface area contributed by atoms with Crippen molar-refractivity contribution in [1.82, 2.24) is 0 Å². The highest BCUT2D eigenvalue weighted by Crippen LogP contribution is 2.36. The van der Waals surface area contributed by atoms with Gasteiger partial charge in [-0.15, -0.1) is 0 Å². The topological polar surface area (TPSA) is 67.4 Å². The maximum absolute atomic E-state index is 13.6. The standard InChI is InChI=1S/C26H18F4N2O3/c27-19-8-5-17(6-9-19)25(34)31-20-10-12-23(22(14-20)26(28,29)30)32-24(33)15-35-21-11-7-16-3-1-2-4-18(16)13-21/h1-14H,15H2,(H,31,34)(H,32,33). The summed E-state index contributed by atoms with van der Waals surface area (Å²) >= 11 is 0. The summed E-state index contributed by atoms with van der Waals surface area (Å²) in [5.74, 6) is -1.65. The molecule has 0 fully saturated rings. The van der Waals surface area contributed by atoms with Crippen LogP contribution in [0, 0.1) is 5.82 Å². The number of ether oxygens (including phenoxy) is 1. The summed E-state index contributed by atoms with van der Waals surface area (Å²) in [6.45, 7) is -0.501. The Kier molecular flexibility index (Phi) is 6.68. The van der Waals surface area contributed by atoms with Crippen LogP contribution in [0.25, 0.3) is 10.8 Å². The average Bonchev–Trinajstić information content (AvgIpc) is 2.83. The molecule has 178 valence electrons. The zero-order valence-corrected chi connectivity index (χ0v) is 18.0. The van der Waals surface area contributed by atoms with E-state index in [1.54, 1.807) is 12.1 Å². The monoisotopic (exact) mass is 482 g/mol. The molecule has 0 saturated heterocycles. The summed E-state index contributed by atoms with van der Waals surface area (Å²) in [6.07, 6.45) is -4.81. The highest BCUT2D eigenvalue weighted by Gasteiger charge is 2.34. The van der Waals surface area contributed by atoms with E-state index in [1.807, 2.05) is 30.3 Å². The van der Waals surface area contributed by atoms with Gasteiger partial charge in [0.05, 0.1) is 11.3 Å². The summed E-state index contributed by atoms with van der Waals surface area (Å²) < 4.78 is 59.4. The van der Waals surface area contributed by atoms with Gasteiger partial charge in [-0.3, -0.25) is 9.59 Å². The van der Waals surface area contributed by atoms with Crippen LogP contribution in [0.2, 0.25) is 0 Å². The molecule has 0 aromatic heterocycles. The lowest BCUT2D eigenvalue weighted by atomic mass is 10.1. The molecule has 9 heteroatoms. The predicted molar refractivity (Wildman–Crippen MR) is 124 cm³/mol. The molecule has 2 N–H and O–H groups in total. The lowest BCUT2D eigenvalue weighted by molar-refractivity contribution is -0.137. The van der Waals surface area contributed by atoms with Crippen LogP contribution in [0.5, 0.6) is 5.75 Å². The van der Waals surface area contributed by atoms with Gasteiger partial charge in [-0.05, 0) is 65.4 Å². The summed E-state index contributed by atoms with van der Waals surface area (Å²) in [4.78, 5) is 24.5. The van der Waals surface area contributed by atoms with Gasteiger partial charge >= 0.3 is 6.18 Å². The second-order valence-electron chi connectivity index (χ2n) is 7.56. The molecule has 2 amide bonds. The first kappa shape index (κ1) is 23.7. The van der Waals surface area contributed by atoms with Gasteiger partial charge in [-0.2, -0.15) is 13.2 Å². The maximum atomic E-state index is 13.6. The van der Waals surface area contributed by atoms with Gasteiger partial charge in [0.25, 0.3) is 11.8 Å². The Morgan fingerprint density at radius 1 is 0.800 bits per heavy atom. The summed E-state index contributed by atoms with van der Waals surface area (Å²) in [6, 6.07) is 20.2. The van der Waals surface area contributed by atoms with E-state index in [1.165, 1.54) is 18.2 Å². The zero-order chi connectivity index (χ0) is 25.0. The normalized spacial score (nSPS) is 11.2. The zero-order valence-electron chi connectivity index (χ0n) is 18.0. The van der Waals surface area contributed by atoms with Gasteiger partial charge in [-0.25, -0.2) is 4.39 Å². The number of halogens is 4. The smallest absolute Gasteiger partial charge is 0.418 e. The van der Waals surface area contributed by atoms with Crippen molar-refractivity contribution in [2.45, 2.75) is 6.18 Å². The van der Waals surface area contributed by atoms with Crippen LogP contribution in [0.3, 0.4) is 0 Å². The average molecular weight is 482 g/mol. The molecule has 0 radical (unpaired) electrons. The quantitative estimate of drug-likeness (QED) is 0.319. The van der Waals surface area contributed by atoms with Gasteiger partial charge in [0.15, 0.2) is 6.61 Å². The summed E-state index contributed by atoms with van der Waals surface area (Å²) in [5.41, 5.74) is -1.70. The molecule has 0 bridgehead atoms. The molecule has 0 saturated carbocycles. The molecular formula is C26H18F4N2O3. The van der Waals surface area contributed by atoms with Crippen molar-refractivity contribution < 1.29 is 31.9 Å². The highest BCUT2D eigenvalue weighted by molar-refractivity contribution is 6.04. The van der Waals surface area contributed by atoms with Gasteiger partial charge in [0, 0.05) is 11.3 Å². The first-order chi connectivity index (χ1) is 16.7. The third-order valence-corrected chi connectivity index (χ3v) is 5.05. The molecule has 0 aliphatic carbocycles. The van der Waals surface area contributed by atoms with Crippen LogP contribution in [-0.2, 0) is 11.0 Å². The van der Waals surface area contributed by atoms with E-state index in [-0.39, 0.29) is 11.3 Å². The highest BCUT2D eigenvalue weighted by atomic mass is 19.4. The third-order valence-electron chi connectivity index (χ3n) is 5.05. The number of alkyl halides is 3. The Balaban J connectivity index is 1.45. The molecule has 0 aliphatic heterocycles. The molecule has 4 aromatic rings. The second-order valence-corrected chi connectivity index (χ2v) is 7.56. The van der Waals surface area contributed by atoms with Gasteiger partial charge in [0.2, 0.25) is 0 Å². The molecule has 35 heavy (non-hydrogen) atoms. The number of benzene rings is 4. The maximum Gasteiger partial charge on any atom is 0.418 e. The Bertz CT molecular complexity index is 1390. The van der Waals surface area contributed by atoms with Crippen LogP contribution < -0.4 is 15.4 Å². The van der Waals surface area contributed by atoms with Crippen molar-refractivity contribution in [3.05, 3.63) is 102 Å². The van der Waals surface area contributed by atoms with Crippen molar-refractivity contribution in [1.29, 1.82) is 0 Å². The van der Waals surface area contributed by atoms with Crippen molar-refractivity contribution in [2.24, 2.45) is 0 Å². The predicted octanol–water partition coefficient (Wildman–Crippen LogP) is 6.27. The van der Waals surface area contributed by atoms with Crippen LogP contribution in [0.4, 0.5) is 28.9 Å². The van der Waals surface area contributed by atoms with Crippen molar-refractivity contribution in [3.8, 4) is 5.75 Å². The first-order valence-corrected chi connectivity index (χ1v) is 10.4. The molecule has 0 heterocycles. The van der Waals surface area contributed by atoms with Gasteiger partial charge in [0.1, 0.15) is 11.6 Å². The number of anilines is 2. The van der Waals surface area contributed by atoms with Crippen LogP contribution in [-0.4, -0.2) is 18.4 Å². The largest absolute Gasteiger partial charge is 0.484 e. The summed E-state index contributed by atoms with van der Waals surface area (Å²) in [5, 5.41) is 6.41. The van der Waals surface area contributed by atoms with Crippen LogP contribution >= 0.6 is 0 Å². The molecule has 0 atom stereocenters. The number of carbonyl (C=O) groups excluding carboxylic acids is 2. The van der Waals surface area contributed by atoms with Crippen molar-refractivity contribution >= 4 is 34.0 Å².